The first-order chi connectivity index (χ1) is 6.72. The lowest BCUT2D eigenvalue weighted by molar-refractivity contribution is 0.0264. The Hall–Kier alpha value is -0.300. The highest BCUT2D eigenvalue weighted by molar-refractivity contribution is 5.09. The van der Waals surface area contributed by atoms with Gasteiger partial charge in [-0.2, -0.15) is 0 Å². The molecule has 0 aromatic heterocycles. The predicted molar refractivity (Wildman–Crippen MR) is 65.7 cm³/mol. The lowest BCUT2D eigenvalue weighted by Crippen LogP contribution is -2.35. The van der Waals surface area contributed by atoms with Gasteiger partial charge in [-0.05, 0) is 36.5 Å². The Labute approximate surface area is 94.6 Å². The first kappa shape index (κ1) is 12.8. The van der Waals surface area contributed by atoms with Crippen molar-refractivity contribution in [1.82, 2.24) is 0 Å². The fourth-order valence-electron chi connectivity index (χ4n) is 2.52. The van der Waals surface area contributed by atoms with Gasteiger partial charge in [-0.3, -0.25) is 0 Å². The summed E-state index contributed by atoms with van der Waals surface area (Å²) in [6, 6.07) is 0. The van der Waals surface area contributed by atoms with Crippen LogP contribution in [-0.4, -0.2) is 10.7 Å². The molecule has 0 aromatic rings. The zero-order chi connectivity index (χ0) is 11.7. The van der Waals surface area contributed by atoms with Gasteiger partial charge in [-0.1, -0.05) is 46.8 Å². The number of allylic oxidation sites excluding steroid dienone is 1. The van der Waals surface area contributed by atoms with Gasteiger partial charge >= 0.3 is 0 Å². The summed E-state index contributed by atoms with van der Waals surface area (Å²) in [5.74, 6) is 1.35. The van der Waals surface area contributed by atoms with Crippen LogP contribution < -0.4 is 0 Å². The summed E-state index contributed by atoms with van der Waals surface area (Å²) in [5.41, 5.74) is -0.354. The predicted octanol–water partition coefficient (Wildman–Crippen LogP) is 3.78. The molecule has 0 fully saturated rings. The van der Waals surface area contributed by atoms with Gasteiger partial charge in [0.1, 0.15) is 0 Å². The summed E-state index contributed by atoms with van der Waals surface area (Å²) in [5, 5.41) is 10.4. The molecule has 1 aliphatic carbocycles. The topological polar surface area (TPSA) is 20.2 Å². The standard InChI is InChI=1S/C14H26O/c1-11(2)12-6-8-14(15,9-7-12)10-13(3,4)5/h6,8,11-12,15H,7,9-10H2,1-5H3. The maximum atomic E-state index is 10.4. The van der Waals surface area contributed by atoms with Gasteiger partial charge in [-0.15, -0.1) is 0 Å². The second-order valence-electron chi connectivity index (χ2n) is 6.65. The van der Waals surface area contributed by atoms with E-state index in [4.69, 9.17) is 0 Å². The molecule has 0 aromatic carbocycles. The summed E-state index contributed by atoms with van der Waals surface area (Å²) in [7, 11) is 0. The summed E-state index contributed by atoms with van der Waals surface area (Å²) < 4.78 is 0. The van der Waals surface area contributed by atoms with Crippen LogP contribution in [0.1, 0.15) is 53.9 Å². The molecule has 88 valence electrons. The molecule has 0 spiro atoms. The SMILES string of the molecule is CC(C)C1C=CC(O)(CC(C)(C)C)CC1. The largest absolute Gasteiger partial charge is 0.386 e. The van der Waals surface area contributed by atoms with Crippen molar-refractivity contribution < 1.29 is 5.11 Å². The van der Waals surface area contributed by atoms with Crippen molar-refractivity contribution in [2.75, 3.05) is 0 Å². The molecule has 1 N–H and O–H groups in total. The molecule has 0 saturated carbocycles. The minimum Gasteiger partial charge on any atom is -0.386 e. The van der Waals surface area contributed by atoms with Crippen LogP contribution >= 0.6 is 0 Å². The van der Waals surface area contributed by atoms with Crippen LogP contribution in [0.2, 0.25) is 0 Å². The van der Waals surface area contributed by atoms with Crippen LogP contribution in [0, 0.1) is 17.3 Å². The molecule has 1 rings (SSSR count). The zero-order valence-corrected chi connectivity index (χ0v) is 10.9. The van der Waals surface area contributed by atoms with Crippen molar-refractivity contribution in [2.45, 2.75) is 59.5 Å². The number of rotatable bonds is 2. The first-order valence-electron chi connectivity index (χ1n) is 6.14. The molecule has 0 amide bonds. The van der Waals surface area contributed by atoms with Crippen LogP contribution in [0.4, 0.5) is 0 Å². The Morgan fingerprint density at radius 1 is 1.40 bits per heavy atom. The van der Waals surface area contributed by atoms with Crippen molar-refractivity contribution in [2.24, 2.45) is 17.3 Å². The highest BCUT2D eigenvalue weighted by Crippen LogP contribution is 2.37. The van der Waals surface area contributed by atoms with E-state index in [-0.39, 0.29) is 5.41 Å². The van der Waals surface area contributed by atoms with Gasteiger partial charge in [0.05, 0.1) is 5.60 Å². The summed E-state index contributed by atoms with van der Waals surface area (Å²) in [6.45, 7) is 11.1. The van der Waals surface area contributed by atoms with E-state index in [9.17, 15) is 5.11 Å². The smallest absolute Gasteiger partial charge is 0.0833 e. The van der Waals surface area contributed by atoms with Crippen LogP contribution in [0.15, 0.2) is 12.2 Å². The fourth-order valence-corrected chi connectivity index (χ4v) is 2.52. The van der Waals surface area contributed by atoms with E-state index >= 15 is 0 Å². The van der Waals surface area contributed by atoms with Crippen LogP contribution in [-0.2, 0) is 0 Å². The summed E-state index contributed by atoms with van der Waals surface area (Å²) in [6.07, 6.45) is 7.18. The van der Waals surface area contributed by atoms with Gasteiger partial charge in [0.2, 0.25) is 0 Å². The van der Waals surface area contributed by atoms with Gasteiger partial charge in [0.25, 0.3) is 0 Å². The Bertz CT molecular complexity index is 234. The Balaban J connectivity index is 2.64. The number of hydrogen-bond acceptors (Lipinski definition) is 1. The Morgan fingerprint density at radius 2 is 2.00 bits per heavy atom. The Morgan fingerprint density at radius 3 is 2.33 bits per heavy atom. The second kappa shape index (κ2) is 4.29. The maximum Gasteiger partial charge on any atom is 0.0833 e. The molecule has 2 unspecified atom stereocenters. The molecular formula is C14H26O. The van der Waals surface area contributed by atoms with Crippen molar-refractivity contribution in [3.8, 4) is 0 Å². The third-order valence-corrected chi connectivity index (χ3v) is 3.26. The molecule has 1 heteroatoms. The molecule has 0 saturated heterocycles. The van der Waals surface area contributed by atoms with Crippen LogP contribution in [0.3, 0.4) is 0 Å². The minimum atomic E-state index is -0.552. The molecule has 0 aliphatic heterocycles. The second-order valence-corrected chi connectivity index (χ2v) is 6.65. The van der Waals surface area contributed by atoms with Gasteiger partial charge in [-0.25, -0.2) is 0 Å². The third kappa shape index (κ3) is 3.98. The molecule has 0 radical (unpaired) electrons. The molecule has 15 heavy (non-hydrogen) atoms. The quantitative estimate of drug-likeness (QED) is 0.688. The van der Waals surface area contributed by atoms with E-state index in [0.29, 0.717) is 11.8 Å². The highest BCUT2D eigenvalue weighted by atomic mass is 16.3. The highest BCUT2D eigenvalue weighted by Gasteiger charge is 2.33. The van der Waals surface area contributed by atoms with E-state index in [1.54, 1.807) is 0 Å². The van der Waals surface area contributed by atoms with E-state index in [1.165, 1.54) is 0 Å². The summed E-state index contributed by atoms with van der Waals surface area (Å²) in [4.78, 5) is 0. The number of aliphatic hydroxyl groups is 1. The van der Waals surface area contributed by atoms with Crippen molar-refractivity contribution in [3.63, 3.8) is 0 Å². The van der Waals surface area contributed by atoms with Gasteiger partial charge < -0.3 is 5.11 Å². The number of hydrogen-bond donors (Lipinski definition) is 1. The third-order valence-electron chi connectivity index (χ3n) is 3.26. The van der Waals surface area contributed by atoms with Crippen LogP contribution in [0.5, 0.6) is 0 Å². The molecule has 1 nitrogen and oxygen atoms in total. The van der Waals surface area contributed by atoms with E-state index in [0.717, 1.165) is 19.3 Å². The van der Waals surface area contributed by atoms with Crippen molar-refractivity contribution in [1.29, 1.82) is 0 Å². The first-order valence-corrected chi connectivity index (χ1v) is 6.14. The van der Waals surface area contributed by atoms with E-state index < -0.39 is 5.60 Å². The monoisotopic (exact) mass is 210 g/mol. The Kier molecular flexibility index (Phi) is 3.65. The summed E-state index contributed by atoms with van der Waals surface area (Å²) >= 11 is 0. The lowest BCUT2D eigenvalue weighted by atomic mass is 9.73. The normalized spacial score (nSPS) is 32.3. The maximum absolute atomic E-state index is 10.4. The van der Waals surface area contributed by atoms with E-state index in [1.807, 2.05) is 6.08 Å². The molecule has 1 aliphatic rings. The van der Waals surface area contributed by atoms with E-state index in [2.05, 4.69) is 40.7 Å². The van der Waals surface area contributed by atoms with Crippen molar-refractivity contribution >= 4 is 0 Å². The average molecular weight is 210 g/mol. The molecule has 2 atom stereocenters. The minimum absolute atomic E-state index is 0.198. The zero-order valence-electron chi connectivity index (χ0n) is 10.9. The fraction of sp³-hybridized carbons (Fsp3) is 0.857. The molecular weight excluding hydrogens is 184 g/mol. The van der Waals surface area contributed by atoms with Crippen LogP contribution in [0.25, 0.3) is 0 Å². The lowest BCUT2D eigenvalue weighted by Gasteiger charge is -2.36. The van der Waals surface area contributed by atoms with Crippen molar-refractivity contribution in [3.05, 3.63) is 12.2 Å². The van der Waals surface area contributed by atoms with Gasteiger partial charge in [0.15, 0.2) is 0 Å². The average Bonchev–Trinajstić information content (AvgIpc) is 2.00. The van der Waals surface area contributed by atoms with Gasteiger partial charge in [0, 0.05) is 0 Å². The molecule has 0 bridgehead atoms. The molecule has 0 heterocycles.